The van der Waals surface area contributed by atoms with Gasteiger partial charge in [0.15, 0.2) is 6.23 Å². The van der Waals surface area contributed by atoms with Gasteiger partial charge < -0.3 is 19.5 Å². The molecule has 2 atom stereocenters. The van der Waals surface area contributed by atoms with Gasteiger partial charge >= 0.3 is 6.18 Å². The lowest BCUT2D eigenvalue weighted by Crippen LogP contribution is -2.42. The minimum Gasteiger partial charge on any atom is -0.386 e. The van der Waals surface area contributed by atoms with E-state index in [1.54, 1.807) is 35.0 Å². The van der Waals surface area contributed by atoms with Crippen LogP contribution in [0.15, 0.2) is 29.7 Å². The second-order valence-electron chi connectivity index (χ2n) is 13.2. The van der Waals surface area contributed by atoms with Crippen molar-refractivity contribution in [3.05, 3.63) is 35.7 Å². The monoisotopic (exact) mass is 702 g/mol. The highest BCUT2D eigenvalue weighted by molar-refractivity contribution is 7.90. The lowest BCUT2D eigenvalue weighted by Gasteiger charge is -2.28. The van der Waals surface area contributed by atoms with Gasteiger partial charge in [-0.15, -0.1) is 11.3 Å². The molecule has 16 heteroatoms. The van der Waals surface area contributed by atoms with Crippen LogP contribution in [0.1, 0.15) is 62.3 Å². The Bertz CT molecular complexity index is 2190. The van der Waals surface area contributed by atoms with E-state index in [1.165, 1.54) is 6.07 Å². The number of benzene rings is 1. The summed E-state index contributed by atoms with van der Waals surface area (Å²) in [5.41, 5.74) is -0.735. The number of rotatable bonds is 5. The number of β-amino-alcohol motifs (C(OH)–C–C–N with tert-alkyl or cyclic N) is 1. The fraction of sp³-hybridized carbons (Fsp3) is 0.500. The van der Waals surface area contributed by atoms with Crippen LogP contribution in [0, 0.1) is 0 Å². The van der Waals surface area contributed by atoms with Gasteiger partial charge in [-0.25, -0.2) is 23.1 Å². The summed E-state index contributed by atoms with van der Waals surface area (Å²) in [4.78, 5) is 15.8. The molecule has 0 bridgehead atoms. The predicted molar refractivity (Wildman–Crippen MR) is 174 cm³/mol. The maximum absolute atomic E-state index is 14.9. The van der Waals surface area contributed by atoms with Crippen molar-refractivity contribution in [2.24, 2.45) is 0 Å². The van der Waals surface area contributed by atoms with E-state index in [4.69, 9.17) is 14.5 Å². The molecule has 8 rings (SSSR count). The lowest BCUT2D eigenvalue weighted by molar-refractivity contribution is -0.138. The highest BCUT2D eigenvalue weighted by Crippen LogP contribution is 2.54. The number of thiophene rings is 1. The second-order valence-corrected chi connectivity index (χ2v) is 16.1. The minimum absolute atomic E-state index is 0.0875. The van der Waals surface area contributed by atoms with Gasteiger partial charge in [-0.2, -0.15) is 18.3 Å². The molecule has 0 spiro atoms. The minimum atomic E-state index is -4.63. The van der Waals surface area contributed by atoms with Gasteiger partial charge in [-0.05, 0) is 62.6 Å². The zero-order valence-corrected chi connectivity index (χ0v) is 27.9. The van der Waals surface area contributed by atoms with Crippen LogP contribution in [0.3, 0.4) is 0 Å². The number of anilines is 1. The Hall–Kier alpha value is -3.44. The summed E-state index contributed by atoms with van der Waals surface area (Å²) in [6.45, 7) is 2.93. The molecule has 2 aliphatic heterocycles. The van der Waals surface area contributed by atoms with Gasteiger partial charge in [0.25, 0.3) is 0 Å². The predicted octanol–water partition coefficient (Wildman–Crippen LogP) is 5.84. The van der Waals surface area contributed by atoms with E-state index in [0.717, 1.165) is 30.4 Å². The Morgan fingerprint density at radius 2 is 1.94 bits per heavy atom. The van der Waals surface area contributed by atoms with Gasteiger partial charge in [-0.3, -0.25) is 4.98 Å². The van der Waals surface area contributed by atoms with Crippen LogP contribution < -0.4 is 4.90 Å². The number of hydrogen-bond acceptors (Lipinski definition) is 11. The molecule has 1 aliphatic carbocycles. The average molecular weight is 703 g/mol. The summed E-state index contributed by atoms with van der Waals surface area (Å²) in [5.74, 6) is 0.00160. The van der Waals surface area contributed by atoms with Crippen molar-refractivity contribution in [3.8, 4) is 11.3 Å². The highest BCUT2D eigenvalue weighted by Gasteiger charge is 2.42. The Morgan fingerprint density at radius 1 is 1.12 bits per heavy atom. The van der Waals surface area contributed by atoms with Gasteiger partial charge in [0.2, 0.25) is 15.0 Å². The molecule has 3 fully saturated rings. The number of ether oxygens (including phenoxy) is 2. The van der Waals surface area contributed by atoms with Crippen LogP contribution in [0.2, 0.25) is 0 Å². The van der Waals surface area contributed by atoms with Crippen molar-refractivity contribution < 1.29 is 36.2 Å². The Kier molecular flexibility index (Phi) is 7.49. The maximum atomic E-state index is 14.9. The molecule has 1 aromatic carbocycles. The molecular formula is C32H33F3N6O5S2. The van der Waals surface area contributed by atoms with Gasteiger partial charge in [-0.1, -0.05) is 0 Å². The number of nitrogens with zero attached hydrogens (tertiary/aromatic N) is 6. The molecule has 6 heterocycles. The standard InChI is InChI=1S/C32H33F3N6O5S2/c1-31(42)15-40(10-12-45-16-31)28-25-18-8-9-36-26(27(18)47-29(25)39-30(38-28)48(2,43)44)24-19-14-37-41(22-5-3-4-11-46-22)21(19)13-20(32(33,34)35)23(24)17-6-7-17/h8-9,13-14,17,22,42H,3-7,10-12,15-16H2,1-2H3/t22?,31-/m0/s1. The van der Waals surface area contributed by atoms with E-state index in [9.17, 15) is 26.7 Å². The molecular weight excluding hydrogens is 670 g/mol. The summed E-state index contributed by atoms with van der Waals surface area (Å²) in [7, 11) is -3.86. The third-order valence-electron chi connectivity index (χ3n) is 9.19. The van der Waals surface area contributed by atoms with Gasteiger partial charge in [0.05, 0.1) is 52.8 Å². The molecule has 4 aromatic heterocycles. The van der Waals surface area contributed by atoms with Crippen molar-refractivity contribution >= 4 is 58.2 Å². The Balaban J connectivity index is 1.43. The van der Waals surface area contributed by atoms with Crippen LogP contribution in [-0.4, -0.2) is 83.0 Å². The fourth-order valence-corrected chi connectivity index (χ4v) is 8.68. The number of aliphatic hydroxyl groups is 1. The summed E-state index contributed by atoms with van der Waals surface area (Å²) < 4.78 is 84.1. The molecule has 0 radical (unpaired) electrons. The second kappa shape index (κ2) is 11.3. The Morgan fingerprint density at radius 3 is 2.65 bits per heavy atom. The molecule has 254 valence electrons. The molecule has 48 heavy (non-hydrogen) atoms. The molecule has 5 aromatic rings. The first-order valence-electron chi connectivity index (χ1n) is 15.9. The molecule has 11 nitrogen and oxygen atoms in total. The van der Waals surface area contributed by atoms with E-state index in [0.29, 0.717) is 80.7 Å². The Labute approximate surface area is 277 Å². The van der Waals surface area contributed by atoms with E-state index in [2.05, 4.69) is 15.1 Å². The summed E-state index contributed by atoms with van der Waals surface area (Å²) in [6, 6.07) is 2.95. The number of aromatic nitrogens is 5. The van der Waals surface area contributed by atoms with E-state index >= 15 is 0 Å². The van der Waals surface area contributed by atoms with E-state index < -0.39 is 33.4 Å². The van der Waals surface area contributed by atoms with Crippen molar-refractivity contribution in [1.29, 1.82) is 0 Å². The van der Waals surface area contributed by atoms with Crippen LogP contribution in [-0.2, 0) is 25.5 Å². The third kappa shape index (κ3) is 5.50. The molecule has 1 unspecified atom stereocenters. The van der Waals surface area contributed by atoms with Crippen molar-refractivity contribution in [2.75, 3.05) is 44.1 Å². The molecule has 2 saturated heterocycles. The summed E-state index contributed by atoms with van der Waals surface area (Å²) in [5, 5.41) is 16.9. The largest absolute Gasteiger partial charge is 0.416 e. The van der Waals surface area contributed by atoms with Crippen LogP contribution in [0.4, 0.5) is 19.0 Å². The van der Waals surface area contributed by atoms with Crippen LogP contribution in [0.5, 0.6) is 0 Å². The SMILES string of the molecule is C[C@@]1(O)COCCN(c2nc(S(C)(=O)=O)nc3sc4c(-c5c(C6CC6)c(C(F)(F)F)cc6c5cnn6C5CCCCO5)nccc4c23)C1. The fourth-order valence-electron chi connectivity index (χ4n) is 6.95. The van der Waals surface area contributed by atoms with Gasteiger partial charge in [0, 0.05) is 41.9 Å². The topological polar surface area (TPSA) is 133 Å². The van der Waals surface area contributed by atoms with Crippen molar-refractivity contribution in [2.45, 2.75) is 68.1 Å². The number of halogens is 3. The highest BCUT2D eigenvalue weighted by atomic mass is 32.2. The number of hydrogen-bond donors (Lipinski definition) is 1. The number of alkyl halides is 3. The van der Waals surface area contributed by atoms with E-state index in [1.807, 2.05) is 0 Å². The maximum Gasteiger partial charge on any atom is 0.416 e. The smallest absolute Gasteiger partial charge is 0.386 e. The molecule has 1 N–H and O–H groups in total. The normalized spacial score (nSPS) is 23.0. The third-order valence-corrected chi connectivity index (χ3v) is 11.1. The van der Waals surface area contributed by atoms with Crippen LogP contribution >= 0.6 is 11.3 Å². The summed E-state index contributed by atoms with van der Waals surface area (Å²) >= 11 is 1.16. The number of pyridine rings is 1. The first-order valence-corrected chi connectivity index (χ1v) is 18.6. The van der Waals surface area contributed by atoms with Crippen molar-refractivity contribution in [1.82, 2.24) is 24.7 Å². The molecule has 3 aliphatic rings. The summed E-state index contributed by atoms with van der Waals surface area (Å²) in [6.07, 6.45) is 2.71. The van der Waals surface area contributed by atoms with Crippen molar-refractivity contribution in [3.63, 3.8) is 0 Å². The number of fused-ring (bicyclic) bond motifs is 4. The average Bonchev–Trinajstić information content (AvgIpc) is 3.71. The quantitative estimate of drug-likeness (QED) is 0.223. The van der Waals surface area contributed by atoms with Gasteiger partial charge in [0.1, 0.15) is 16.2 Å². The zero-order chi connectivity index (χ0) is 33.6. The zero-order valence-electron chi connectivity index (χ0n) is 26.2. The van der Waals surface area contributed by atoms with E-state index in [-0.39, 0.29) is 36.4 Å². The molecule has 0 amide bonds. The first-order chi connectivity index (χ1) is 22.8. The first kappa shape index (κ1) is 31.8. The lowest BCUT2D eigenvalue weighted by atomic mass is 9.90. The number of sulfone groups is 1. The van der Waals surface area contributed by atoms with Crippen LogP contribution in [0.25, 0.3) is 42.5 Å². The molecule has 1 saturated carbocycles.